The number of piperidine rings is 1. The van der Waals surface area contributed by atoms with Gasteiger partial charge in [0.15, 0.2) is 0 Å². The number of nitrogens with zero attached hydrogens (tertiary/aromatic N) is 2. The van der Waals surface area contributed by atoms with Gasteiger partial charge in [0, 0.05) is 37.4 Å². The SMILES string of the molecule is Cl.O=C(NCCN1CCC2(CC1)C(=O)NCN2c1ccccc1)c1cccc(F)c1. The molecule has 0 aromatic heterocycles. The lowest BCUT2D eigenvalue weighted by molar-refractivity contribution is -0.125. The van der Waals surface area contributed by atoms with Gasteiger partial charge in [0.05, 0.1) is 6.67 Å². The van der Waals surface area contributed by atoms with Crippen molar-refractivity contribution in [3.05, 3.63) is 66.0 Å². The molecule has 2 aromatic rings. The molecule has 0 saturated carbocycles. The number of carbonyl (C=O) groups excluding carboxylic acids is 2. The Kier molecular flexibility index (Phi) is 6.95. The number of nitrogens with one attached hydrogen (secondary N) is 2. The molecule has 0 aliphatic carbocycles. The molecule has 160 valence electrons. The van der Waals surface area contributed by atoms with Crippen LogP contribution in [0, 0.1) is 5.82 Å². The molecule has 6 nitrogen and oxygen atoms in total. The van der Waals surface area contributed by atoms with Crippen molar-refractivity contribution in [1.29, 1.82) is 0 Å². The van der Waals surface area contributed by atoms with Crippen molar-refractivity contribution < 1.29 is 14.0 Å². The molecule has 2 N–H and O–H groups in total. The van der Waals surface area contributed by atoms with E-state index >= 15 is 0 Å². The Labute approximate surface area is 181 Å². The number of anilines is 1. The molecule has 0 bridgehead atoms. The van der Waals surface area contributed by atoms with Crippen molar-refractivity contribution in [1.82, 2.24) is 15.5 Å². The predicted molar refractivity (Wildman–Crippen MR) is 116 cm³/mol. The number of halogens is 2. The van der Waals surface area contributed by atoms with Gasteiger partial charge in [-0.15, -0.1) is 12.4 Å². The van der Waals surface area contributed by atoms with Crippen LogP contribution in [-0.4, -0.2) is 55.1 Å². The summed E-state index contributed by atoms with van der Waals surface area (Å²) < 4.78 is 13.2. The van der Waals surface area contributed by atoms with E-state index in [0.717, 1.165) is 31.6 Å². The average Bonchev–Trinajstić information content (AvgIpc) is 3.06. The largest absolute Gasteiger partial charge is 0.351 e. The summed E-state index contributed by atoms with van der Waals surface area (Å²) in [6.45, 7) is 3.28. The minimum absolute atomic E-state index is 0. The number of hydrogen-bond donors (Lipinski definition) is 2. The molecule has 2 fully saturated rings. The van der Waals surface area contributed by atoms with Crippen molar-refractivity contribution in [3.8, 4) is 0 Å². The highest BCUT2D eigenvalue weighted by molar-refractivity contribution is 5.94. The standard InChI is InChI=1S/C22H25FN4O2.ClH/c23-18-6-4-5-17(15-18)20(28)24-11-14-26-12-9-22(10-13-26)21(29)25-16-27(22)19-7-2-1-3-8-19;/h1-8,15H,9-14,16H2,(H,24,28)(H,25,29);1H. The number of carbonyl (C=O) groups is 2. The maximum Gasteiger partial charge on any atom is 0.251 e. The highest BCUT2D eigenvalue weighted by atomic mass is 35.5. The molecule has 2 aliphatic rings. The van der Waals surface area contributed by atoms with Crippen molar-refractivity contribution in [2.24, 2.45) is 0 Å². The third-order valence-corrected chi connectivity index (χ3v) is 5.89. The van der Waals surface area contributed by atoms with E-state index < -0.39 is 11.4 Å². The number of amides is 2. The Morgan fingerprint density at radius 2 is 1.83 bits per heavy atom. The zero-order chi connectivity index (χ0) is 20.3. The van der Waals surface area contributed by atoms with Crippen molar-refractivity contribution in [2.75, 3.05) is 37.7 Å². The lowest BCUT2D eigenvalue weighted by atomic mass is 9.85. The van der Waals surface area contributed by atoms with E-state index in [1.54, 1.807) is 6.07 Å². The molecule has 2 amide bonds. The Morgan fingerprint density at radius 3 is 2.53 bits per heavy atom. The molecular weight excluding hydrogens is 407 g/mol. The van der Waals surface area contributed by atoms with E-state index in [1.807, 2.05) is 30.3 Å². The fourth-order valence-electron chi connectivity index (χ4n) is 4.24. The number of likely N-dealkylation sites (tertiary alicyclic amines) is 1. The Balaban J connectivity index is 0.00000256. The summed E-state index contributed by atoms with van der Waals surface area (Å²) in [6, 6.07) is 15.7. The van der Waals surface area contributed by atoms with Crippen LogP contribution in [0.25, 0.3) is 0 Å². The summed E-state index contributed by atoms with van der Waals surface area (Å²) in [4.78, 5) is 29.2. The van der Waals surface area contributed by atoms with Gasteiger partial charge in [-0.1, -0.05) is 24.3 Å². The van der Waals surface area contributed by atoms with E-state index in [9.17, 15) is 14.0 Å². The third kappa shape index (κ3) is 4.42. The number of hydrogen-bond acceptors (Lipinski definition) is 4. The van der Waals surface area contributed by atoms with Gasteiger partial charge < -0.3 is 20.4 Å². The fraction of sp³-hybridized carbons (Fsp3) is 0.364. The number of para-hydroxylation sites is 1. The van der Waals surface area contributed by atoms with Gasteiger partial charge in [-0.2, -0.15) is 0 Å². The third-order valence-electron chi connectivity index (χ3n) is 5.89. The molecule has 4 rings (SSSR count). The van der Waals surface area contributed by atoms with Gasteiger partial charge in [-0.05, 0) is 43.2 Å². The molecule has 0 atom stereocenters. The molecule has 8 heteroatoms. The maximum atomic E-state index is 13.2. The zero-order valence-corrected chi connectivity index (χ0v) is 17.5. The second-order valence-electron chi connectivity index (χ2n) is 7.57. The second kappa shape index (κ2) is 9.45. The Bertz CT molecular complexity index is 888. The number of rotatable bonds is 5. The summed E-state index contributed by atoms with van der Waals surface area (Å²) in [5.74, 6) is -0.597. The van der Waals surface area contributed by atoms with Crippen LogP contribution in [0.1, 0.15) is 23.2 Å². The molecule has 2 heterocycles. The Morgan fingerprint density at radius 1 is 1.10 bits per heavy atom. The van der Waals surface area contributed by atoms with Crippen molar-refractivity contribution in [3.63, 3.8) is 0 Å². The summed E-state index contributed by atoms with van der Waals surface area (Å²) in [6.07, 6.45) is 1.48. The van der Waals surface area contributed by atoms with Crippen LogP contribution in [0.15, 0.2) is 54.6 Å². The van der Waals surface area contributed by atoms with Crippen LogP contribution in [0.4, 0.5) is 10.1 Å². The van der Waals surface area contributed by atoms with Crippen LogP contribution in [0.2, 0.25) is 0 Å². The average molecular weight is 433 g/mol. The first-order valence-electron chi connectivity index (χ1n) is 9.96. The molecular formula is C22H26ClFN4O2. The van der Waals surface area contributed by atoms with Gasteiger partial charge in [0.2, 0.25) is 5.91 Å². The van der Waals surface area contributed by atoms with E-state index in [0.29, 0.717) is 25.3 Å². The fourth-order valence-corrected chi connectivity index (χ4v) is 4.24. The molecule has 2 saturated heterocycles. The topological polar surface area (TPSA) is 64.7 Å². The summed E-state index contributed by atoms with van der Waals surface area (Å²) in [7, 11) is 0. The van der Waals surface area contributed by atoms with E-state index in [1.165, 1.54) is 18.2 Å². The first-order valence-corrected chi connectivity index (χ1v) is 9.96. The lowest BCUT2D eigenvalue weighted by Crippen LogP contribution is -2.57. The maximum absolute atomic E-state index is 13.2. The smallest absolute Gasteiger partial charge is 0.251 e. The molecule has 0 radical (unpaired) electrons. The Hall–Kier alpha value is -2.64. The van der Waals surface area contributed by atoms with Gasteiger partial charge in [-0.3, -0.25) is 9.59 Å². The van der Waals surface area contributed by atoms with Gasteiger partial charge in [0.1, 0.15) is 11.4 Å². The molecule has 2 aliphatic heterocycles. The van der Waals surface area contributed by atoms with Crippen molar-refractivity contribution >= 4 is 29.9 Å². The minimum Gasteiger partial charge on any atom is -0.351 e. The van der Waals surface area contributed by atoms with Crippen LogP contribution in [0.3, 0.4) is 0 Å². The van der Waals surface area contributed by atoms with Crippen LogP contribution in [-0.2, 0) is 4.79 Å². The normalized spacial score (nSPS) is 18.0. The predicted octanol–water partition coefficient (Wildman–Crippen LogP) is 2.41. The first-order chi connectivity index (χ1) is 14.1. The zero-order valence-electron chi connectivity index (χ0n) is 16.6. The lowest BCUT2D eigenvalue weighted by Gasteiger charge is -2.43. The highest BCUT2D eigenvalue weighted by Gasteiger charge is 2.50. The molecule has 0 unspecified atom stereocenters. The summed E-state index contributed by atoms with van der Waals surface area (Å²) in [5, 5.41) is 5.85. The van der Waals surface area contributed by atoms with Crippen molar-refractivity contribution in [2.45, 2.75) is 18.4 Å². The van der Waals surface area contributed by atoms with Gasteiger partial charge in [-0.25, -0.2) is 4.39 Å². The quantitative estimate of drug-likeness (QED) is 0.761. The highest BCUT2D eigenvalue weighted by Crippen LogP contribution is 2.35. The van der Waals surface area contributed by atoms with E-state index in [4.69, 9.17) is 0 Å². The molecule has 30 heavy (non-hydrogen) atoms. The summed E-state index contributed by atoms with van der Waals surface area (Å²) >= 11 is 0. The number of benzene rings is 2. The van der Waals surface area contributed by atoms with Gasteiger partial charge >= 0.3 is 0 Å². The summed E-state index contributed by atoms with van der Waals surface area (Å²) in [5.41, 5.74) is 0.883. The van der Waals surface area contributed by atoms with Crippen LogP contribution < -0.4 is 15.5 Å². The van der Waals surface area contributed by atoms with E-state index in [2.05, 4.69) is 20.4 Å². The monoisotopic (exact) mass is 432 g/mol. The second-order valence-corrected chi connectivity index (χ2v) is 7.57. The van der Waals surface area contributed by atoms with E-state index in [-0.39, 0.29) is 24.2 Å². The molecule has 2 aromatic carbocycles. The molecule has 1 spiro atoms. The first kappa shape index (κ1) is 22.1. The van der Waals surface area contributed by atoms with Gasteiger partial charge in [0.25, 0.3) is 5.91 Å². The minimum atomic E-state index is -0.497. The van der Waals surface area contributed by atoms with Crippen LogP contribution >= 0.6 is 12.4 Å². The van der Waals surface area contributed by atoms with Crippen LogP contribution in [0.5, 0.6) is 0 Å².